The number of ether oxygens (including phenoxy) is 1. The van der Waals surface area contributed by atoms with E-state index in [-0.39, 0.29) is 6.10 Å². The van der Waals surface area contributed by atoms with Gasteiger partial charge in [-0.25, -0.2) is 0 Å². The SMILES string of the molecule is CC(C)Oc1c(N)nsc1NCc1ccc(C(C)C)cc1. The van der Waals surface area contributed by atoms with Gasteiger partial charge in [0.25, 0.3) is 0 Å². The Hall–Kier alpha value is -1.75. The average molecular weight is 305 g/mol. The van der Waals surface area contributed by atoms with E-state index >= 15 is 0 Å². The van der Waals surface area contributed by atoms with Crippen molar-refractivity contribution < 1.29 is 4.74 Å². The zero-order valence-corrected chi connectivity index (χ0v) is 13.8. The fourth-order valence-corrected chi connectivity index (χ4v) is 2.60. The van der Waals surface area contributed by atoms with Crippen LogP contribution in [0.2, 0.25) is 0 Å². The van der Waals surface area contributed by atoms with Crippen molar-refractivity contribution in [3.8, 4) is 5.75 Å². The molecule has 2 aromatic rings. The molecule has 0 radical (unpaired) electrons. The summed E-state index contributed by atoms with van der Waals surface area (Å²) < 4.78 is 9.87. The molecule has 0 bridgehead atoms. The van der Waals surface area contributed by atoms with Gasteiger partial charge < -0.3 is 15.8 Å². The smallest absolute Gasteiger partial charge is 0.197 e. The van der Waals surface area contributed by atoms with Crippen molar-refractivity contribution in [2.24, 2.45) is 0 Å². The lowest BCUT2D eigenvalue weighted by Crippen LogP contribution is -2.08. The van der Waals surface area contributed by atoms with Crippen LogP contribution in [0.5, 0.6) is 5.75 Å². The van der Waals surface area contributed by atoms with Crippen LogP contribution in [-0.4, -0.2) is 10.5 Å². The number of hydrogen-bond donors (Lipinski definition) is 2. The fraction of sp³-hybridized carbons (Fsp3) is 0.438. The number of rotatable bonds is 6. The van der Waals surface area contributed by atoms with Crippen LogP contribution in [-0.2, 0) is 6.54 Å². The van der Waals surface area contributed by atoms with Crippen molar-refractivity contribution in [2.45, 2.75) is 46.3 Å². The van der Waals surface area contributed by atoms with Gasteiger partial charge in [-0.1, -0.05) is 38.1 Å². The Labute approximate surface area is 130 Å². The summed E-state index contributed by atoms with van der Waals surface area (Å²) in [5.74, 6) is 1.67. The van der Waals surface area contributed by atoms with E-state index in [1.54, 1.807) is 0 Å². The summed E-state index contributed by atoms with van der Waals surface area (Å²) in [6.07, 6.45) is 0.0783. The predicted molar refractivity (Wildman–Crippen MR) is 90.1 cm³/mol. The molecule has 0 saturated heterocycles. The first kappa shape index (κ1) is 15.6. The molecule has 21 heavy (non-hydrogen) atoms. The highest BCUT2D eigenvalue weighted by Gasteiger charge is 2.14. The van der Waals surface area contributed by atoms with Crippen molar-refractivity contribution in [3.05, 3.63) is 35.4 Å². The van der Waals surface area contributed by atoms with Crippen LogP contribution in [0, 0.1) is 0 Å². The summed E-state index contributed by atoms with van der Waals surface area (Å²) in [5.41, 5.74) is 8.42. The minimum Gasteiger partial charge on any atom is -0.484 e. The van der Waals surface area contributed by atoms with E-state index in [1.807, 2.05) is 13.8 Å². The van der Waals surface area contributed by atoms with Crippen LogP contribution in [0.3, 0.4) is 0 Å². The summed E-state index contributed by atoms with van der Waals surface area (Å²) in [4.78, 5) is 0. The van der Waals surface area contributed by atoms with Gasteiger partial charge in [-0.15, -0.1) is 0 Å². The van der Waals surface area contributed by atoms with Crippen LogP contribution >= 0.6 is 11.5 Å². The van der Waals surface area contributed by atoms with Crippen LogP contribution < -0.4 is 15.8 Å². The molecular weight excluding hydrogens is 282 g/mol. The number of anilines is 2. The maximum absolute atomic E-state index is 5.85. The van der Waals surface area contributed by atoms with Crippen LogP contribution in [0.25, 0.3) is 0 Å². The van der Waals surface area contributed by atoms with Crippen molar-refractivity contribution >= 4 is 22.4 Å². The number of aromatic nitrogens is 1. The monoisotopic (exact) mass is 305 g/mol. The maximum atomic E-state index is 5.85. The molecule has 2 rings (SSSR count). The largest absolute Gasteiger partial charge is 0.484 e. The lowest BCUT2D eigenvalue weighted by atomic mass is 10.0. The van der Waals surface area contributed by atoms with E-state index in [0.29, 0.717) is 17.5 Å². The molecule has 3 N–H and O–H groups in total. The highest BCUT2D eigenvalue weighted by Crippen LogP contribution is 2.36. The summed E-state index contributed by atoms with van der Waals surface area (Å²) >= 11 is 1.33. The normalized spacial score (nSPS) is 11.1. The first-order valence-corrected chi connectivity index (χ1v) is 7.99. The Bertz CT molecular complexity index is 576. The van der Waals surface area contributed by atoms with Gasteiger partial charge in [0.1, 0.15) is 0 Å². The second-order valence-electron chi connectivity index (χ2n) is 5.64. The summed E-state index contributed by atoms with van der Waals surface area (Å²) in [6, 6.07) is 8.65. The Morgan fingerprint density at radius 1 is 1.19 bits per heavy atom. The van der Waals surface area contributed by atoms with Crippen LogP contribution in [0.1, 0.15) is 44.7 Å². The first-order valence-electron chi connectivity index (χ1n) is 7.22. The molecule has 0 aliphatic rings. The van der Waals surface area contributed by atoms with Gasteiger partial charge in [-0.05, 0) is 42.4 Å². The predicted octanol–water partition coefficient (Wildman–Crippen LogP) is 4.25. The first-order chi connectivity index (χ1) is 9.97. The lowest BCUT2D eigenvalue weighted by Gasteiger charge is -2.12. The Morgan fingerprint density at radius 2 is 1.86 bits per heavy atom. The minimum atomic E-state index is 0.0783. The van der Waals surface area contributed by atoms with E-state index in [9.17, 15) is 0 Å². The molecule has 1 aromatic heterocycles. The van der Waals surface area contributed by atoms with Gasteiger partial charge in [0.05, 0.1) is 6.10 Å². The van der Waals surface area contributed by atoms with E-state index in [2.05, 4.69) is 47.8 Å². The number of nitrogens with two attached hydrogens (primary N) is 1. The number of nitrogens with one attached hydrogen (secondary N) is 1. The average Bonchev–Trinajstić information content (AvgIpc) is 2.77. The molecule has 0 amide bonds. The van der Waals surface area contributed by atoms with Gasteiger partial charge in [-0.2, -0.15) is 4.37 Å². The minimum absolute atomic E-state index is 0.0783. The summed E-state index contributed by atoms with van der Waals surface area (Å²) in [6.45, 7) is 9.08. The van der Waals surface area contributed by atoms with Gasteiger partial charge in [0, 0.05) is 6.54 Å². The van der Waals surface area contributed by atoms with Gasteiger partial charge in [-0.3, -0.25) is 0 Å². The molecule has 0 unspecified atom stereocenters. The fourth-order valence-electron chi connectivity index (χ4n) is 1.96. The second kappa shape index (κ2) is 6.80. The Morgan fingerprint density at radius 3 is 2.43 bits per heavy atom. The molecule has 114 valence electrons. The lowest BCUT2D eigenvalue weighted by molar-refractivity contribution is 0.245. The van der Waals surface area contributed by atoms with Crippen molar-refractivity contribution in [1.82, 2.24) is 4.37 Å². The Kier molecular flexibility index (Phi) is 5.07. The summed E-state index contributed by atoms with van der Waals surface area (Å²) in [5, 5.41) is 4.24. The molecule has 4 nitrogen and oxygen atoms in total. The molecule has 0 aliphatic carbocycles. The quantitative estimate of drug-likeness (QED) is 0.837. The second-order valence-corrected chi connectivity index (χ2v) is 6.42. The number of nitrogen functional groups attached to an aromatic ring is 1. The number of nitrogens with zero attached hydrogens (tertiary/aromatic N) is 1. The zero-order chi connectivity index (χ0) is 15.4. The van der Waals surface area contributed by atoms with E-state index in [0.717, 1.165) is 11.5 Å². The molecule has 1 heterocycles. The standard InChI is InChI=1S/C16H23N3OS/c1-10(2)13-7-5-12(6-8-13)9-18-16-14(20-11(3)4)15(17)19-21-16/h5-8,10-11,18H,9H2,1-4H3,(H2,17,19). The molecule has 1 aromatic carbocycles. The van der Waals surface area contributed by atoms with E-state index in [1.165, 1.54) is 22.7 Å². The highest BCUT2D eigenvalue weighted by molar-refractivity contribution is 7.11. The molecule has 0 atom stereocenters. The topological polar surface area (TPSA) is 60.2 Å². The van der Waals surface area contributed by atoms with Crippen molar-refractivity contribution in [2.75, 3.05) is 11.1 Å². The molecule has 0 saturated carbocycles. The van der Waals surface area contributed by atoms with E-state index < -0.39 is 0 Å². The molecular formula is C16H23N3OS. The third-order valence-corrected chi connectivity index (χ3v) is 3.93. The van der Waals surface area contributed by atoms with Gasteiger partial charge in [0.15, 0.2) is 16.6 Å². The zero-order valence-electron chi connectivity index (χ0n) is 13.0. The maximum Gasteiger partial charge on any atom is 0.197 e. The number of benzene rings is 1. The van der Waals surface area contributed by atoms with Crippen molar-refractivity contribution in [1.29, 1.82) is 0 Å². The van der Waals surface area contributed by atoms with E-state index in [4.69, 9.17) is 10.5 Å². The van der Waals surface area contributed by atoms with Crippen LogP contribution in [0.4, 0.5) is 10.8 Å². The van der Waals surface area contributed by atoms with Gasteiger partial charge in [0.2, 0.25) is 0 Å². The Balaban J connectivity index is 2.03. The van der Waals surface area contributed by atoms with Crippen LogP contribution in [0.15, 0.2) is 24.3 Å². The molecule has 0 aliphatic heterocycles. The van der Waals surface area contributed by atoms with Gasteiger partial charge >= 0.3 is 0 Å². The third kappa shape index (κ3) is 4.11. The number of hydrogen-bond acceptors (Lipinski definition) is 5. The molecule has 0 spiro atoms. The highest BCUT2D eigenvalue weighted by atomic mass is 32.1. The van der Waals surface area contributed by atoms with Crippen molar-refractivity contribution in [3.63, 3.8) is 0 Å². The third-order valence-electron chi connectivity index (χ3n) is 3.13. The molecule has 5 heteroatoms. The summed E-state index contributed by atoms with van der Waals surface area (Å²) in [7, 11) is 0. The molecule has 0 fully saturated rings.